The van der Waals surface area contributed by atoms with Crippen molar-refractivity contribution in [2.75, 3.05) is 7.05 Å². The first-order valence-electron chi connectivity index (χ1n) is 4.61. The van der Waals surface area contributed by atoms with Crippen molar-refractivity contribution in [3.05, 3.63) is 40.8 Å². The molecule has 0 aromatic carbocycles. The summed E-state index contributed by atoms with van der Waals surface area (Å²) in [5.74, 6) is 1.76. The Bertz CT molecular complexity index is 409. The van der Waals surface area contributed by atoms with E-state index in [1.54, 1.807) is 12.5 Å². The number of aryl methyl sites for hydroxylation is 1. The summed E-state index contributed by atoms with van der Waals surface area (Å²) in [6.07, 6.45) is 5.35. The van der Waals surface area contributed by atoms with Crippen molar-refractivity contribution < 1.29 is 4.42 Å². The van der Waals surface area contributed by atoms with Gasteiger partial charge in [0.1, 0.15) is 17.6 Å². The van der Waals surface area contributed by atoms with Gasteiger partial charge in [0.2, 0.25) is 0 Å². The van der Waals surface area contributed by atoms with E-state index in [9.17, 15) is 0 Å². The zero-order chi connectivity index (χ0) is 10.8. The number of hydrogen-bond donors (Lipinski definition) is 1. The molecule has 0 spiro atoms. The molecule has 0 amide bonds. The van der Waals surface area contributed by atoms with Crippen LogP contribution in [0.4, 0.5) is 0 Å². The molecule has 2 aromatic rings. The van der Waals surface area contributed by atoms with E-state index in [-0.39, 0.29) is 6.04 Å². The van der Waals surface area contributed by atoms with Crippen LogP contribution in [0.15, 0.2) is 33.6 Å². The molecule has 15 heavy (non-hydrogen) atoms. The highest BCUT2D eigenvalue weighted by atomic mass is 79.9. The zero-order valence-corrected chi connectivity index (χ0v) is 10.2. The summed E-state index contributed by atoms with van der Waals surface area (Å²) < 4.78 is 8.35. The molecule has 1 atom stereocenters. The van der Waals surface area contributed by atoms with Gasteiger partial charge in [-0.15, -0.1) is 0 Å². The second-order valence-corrected chi connectivity index (χ2v) is 4.11. The Labute approximate surface area is 96.4 Å². The van der Waals surface area contributed by atoms with Gasteiger partial charge >= 0.3 is 0 Å². The Balaban J connectivity index is 2.41. The average Bonchev–Trinajstić information content (AvgIpc) is 2.80. The van der Waals surface area contributed by atoms with Crippen LogP contribution in [0.5, 0.6) is 0 Å². The third-order valence-corrected chi connectivity index (χ3v) is 2.97. The van der Waals surface area contributed by atoms with Crippen LogP contribution < -0.4 is 5.32 Å². The van der Waals surface area contributed by atoms with Crippen LogP contribution >= 0.6 is 15.9 Å². The molecular weight excluding hydrogens is 258 g/mol. The number of halogens is 1. The Morgan fingerprint density at radius 1 is 1.60 bits per heavy atom. The first-order valence-corrected chi connectivity index (χ1v) is 5.40. The molecule has 2 heterocycles. The molecule has 80 valence electrons. The number of furan rings is 1. The number of hydrogen-bond acceptors (Lipinski definition) is 3. The Hall–Kier alpha value is -1.07. The summed E-state index contributed by atoms with van der Waals surface area (Å²) in [7, 11) is 3.85. The maximum Gasteiger partial charge on any atom is 0.142 e. The van der Waals surface area contributed by atoms with Crippen LogP contribution in [0.3, 0.4) is 0 Å². The molecule has 5 heteroatoms. The van der Waals surface area contributed by atoms with E-state index in [0.717, 1.165) is 16.1 Å². The summed E-state index contributed by atoms with van der Waals surface area (Å²) in [6, 6.07) is 1.84. The van der Waals surface area contributed by atoms with Crippen molar-refractivity contribution in [2.45, 2.75) is 6.04 Å². The standard InChI is InChI=1S/C10H12BrN3O/c1-12-8(9-7(11)3-6-15-9)10-13-4-5-14(10)2/h3-6,8,12H,1-2H3. The molecule has 0 aliphatic carbocycles. The maximum atomic E-state index is 5.43. The Morgan fingerprint density at radius 2 is 2.40 bits per heavy atom. The topological polar surface area (TPSA) is 43.0 Å². The minimum atomic E-state index is -0.0330. The van der Waals surface area contributed by atoms with E-state index >= 15 is 0 Å². The van der Waals surface area contributed by atoms with Crippen LogP contribution in [-0.2, 0) is 7.05 Å². The largest absolute Gasteiger partial charge is 0.466 e. The van der Waals surface area contributed by atoms with Crippen molar-refractivity contribution in [3.63, 3.8) is 0 Å². The molecule has 2 aromatic heterocycles. The van der Waals surface area contributed by atoms with Gasteiger partial charge in [0.25, 0.3) is 0 Å². The zero-order valence-electron chi connectivity index (χ0n) is 8.57. The van der Waals surface area contributed by atoms with Gasteiger partial charge in [-0.1, -0.05) is 0 Å². The molecule has 0 aliphatic rings. The van der Waals surface area contributed by atoms with Gasteiger partial charge < -0.3 is 14.3 Å². The Morgan fingerprint density at radius 3 is 2.87 bits per heavy atom. The first-order chi connectivity index (χ1) is 7.24. The lowest BCUT2D eigenvalue weighted by atomic mass is 10.2. The molecular formula is C10H12BrN3O. The van der Waals surface area contributed by atoms with Crippen molar-refractivity contribution >= 4 is 15.9 Å². The molecule has 1 unspecified atom stereocenters. The number of rotatable bonds is 3. The van der Waals surface area contributed by atoms with Gasteiger partial charge in [0.15, 0.2) is 0 Å². The lowest BCUT2D eigenvalue weighted by Crippen LogP contribution is -2.21. The third-order valence-electron chi connectivity index (χ3n) is 2.31. The average molecular weight is 270 g/mol. The smallest absolute Gasteiger partial charge is 0.142 e. The lowest BCUT2D eigenvalue weighted by Gasteiger charge is -2.13. The second-order valence-electron chi connectivity index (χ2n) is 3.25. The van der Waals surface area contributed by atoms with E-state index in [1.165, 1.54) is 0 Å². The van der Waals surface area contributed by atoms with Crippen LogP contribution in [0.2, 0.25) is 0 Å². The molecule has 0 saturated heterocycles. The summed E-state index contributed by atoms with van der Waals surface area (Å²) in [6.45, 7) is 0. The van der Waals surface area contributed by atoms with E-state index in [4.69, 9.17) is 4.42 Å². The summed E-state index contributed by atoms with van der Waals surface area (Å²) >= 11 is 3.45. The van der Waals surface area contributed by atoms with Crippen LogP contribution in [0.25, 0.3) is 0 Å². The first kappa shape index (κ1) is 10.4. The van der Waals surface area contributed by atoms with E-state index in [2.05, 4.69) is 26.2 Å². The van der Waals surface area contributed by atoms with Gasteiger partial charge in [-0.05, 0) is 29.0 Å². The molecule has 0 fully saturated rings. The molecule has 0 radical (unpaired) electrons. The van der Waals surface area contributed by atoms with E-state index in [1.807, 2.05) is 30.9 Å². The fourth-order valence-corrected chi connectivity index (χ4v) is 1.97. The van der Waals surface area contributed by atoms with Crippen LogP contribution in [0, 0.1) is 0 Å². The molecule has 1 N–H and O–H groups in total. The highest BCUT2D eigenvalue weighted by Crippen LogP contribution is 2.28. The number of nitrogens with one attached hydrogen (secondary N) is 1. The van der Waals surface area contributed by atoms with E-state index in [0.29, 0.717) is 0 Å². The molecule has 0 saturated carbocycles. The van der Waals surface area contributed by atoms with Crippen molar-refractivity contribution in [1.82, 2.24) is 14.9 Å². The van der Waals surface area contributed by atoms with Crippen LogP contribution in [0.1, 0.15) is 17.6 Å². The normalized spacial score (nSPS) is 13.0. The predicted octanol–water partition coefficient (Wildman–Crippen LogP) is 2.08. The molecule has 0 bridgehead atoms. The van der Waals surface area contributed by atoms with Gasteiger partial charge in [-0.2, -0.15) is 0 Å². The fraction of sp³-hybridized carbons (Fsp3) is 0.300. The second kappa shape index (κ2) is 4.20. The van der Waals surface area contributed by atoms with Gasteiger partial charge in [0.05, 0.1) is 10.7 Å². The predicted molar refractivity (Wildman–Crippen MR) is 60.5 cm³/mol. The molecule has 0 aliphatic heterocycles. The lowest BCUT2D eigenvalue weighted by molar-refractivity contribution is 0.445. The van der Waals surface area contributed by atoms with Gasteiger partial charge in [0, 0.05) is 19.4 Å². The number of imidazole rings is 1. The van der Waals surface area contributed by atoms with Crippen molar-refractivity contribution in [1.29, 1.82) is 0 Å². The fourth-order valence-electron chi connectivity index (χ4n) is 1.54. The maximum absolute atomic E-state index is 5.43. The highest BCUT2D eigenvalue weighted by molar-refractivity contribution is 9.10. The SMILES string of the molecule is CNC(c1occc1Br)c1nccn1C. The number of nitrogens with zero attached hydrogens (tertiary/aromatic N) is 2. The summed E-state index contributed by atoms with van der Waals surface area (Å²) in [5.41, 5.74) is 0. The van der Waals surface area contributed by atoms with Crippen LogP contribution in [-0.4, -0.2) is 16.6 Å². The quantitative estimate of drug-likeness (QED) is 0.928. The Kier molecular flexibility index (Phi) is 2.93. The number of aromatic nitrogens is 2. The minimum absolute atomic E-state index is 0.0330. The van der Waals surface area contributed by atoms with Gasteiger partial charge in [-0.25, -0.2) is 4.98 Å². The van der Waals surface area contributed by atoms with Crippen molar-refractivity contribution in [2.24, 2.45) is 7.05 Å². The summed E-state index contributed by atoms with van der Waals surface area (Å²) in [4.78, 5) is 4.30. The monoisotopic (exact) mass is 269 g/mol. The third kappa shape index (κ3) is 1.85. The molecule has 2 rings (SSSR count). The summed E-state index contributed by atoms with van der Waals surface area (Å²) in [5, 5.41) is 3.18. The molecule has 4 nitrogen and oxygen atoms in total. The van der Waals surface area contributed by atoms with Crippen molar-refractivity contribution in [3.8, 4) is 0 Å². The van der Waals surface area contributed by atoms with E-state index < -0.39 is 0 Å². The minimum Gasteiger partial charge on any atom is -0.466 e. The van der Waals surface area contributed by atoms with Gasteiger partial charge in [-0.3, -0.25) is 0 Å². The highest BCUT2D eigenvalue weighted by Gasteiger charge is 2.21.